The fraction of sp³-hybridized carbons (Fsp3) is 0.600. The van der Waals surface area contributed by atoms with Gasteiger partial charge in [0.25, 0.3) is 0 Å². The maximum Gasteiger partial charge on any atom is 0.146 e. The van der Waals surface area contributed by atoms with Crippen LogP contribution >= 0.6 is 0 Å². The molecule has 1 aromatic rings. The molecule has 0 radical (unpaired) electrons. The van der Waals surface area contributed by atoms with Crippen LogP contribution < -0.4 is 0 Å². The highest BCUT2D eigenvalue weighted by molar-refractivity contribution is 5.98. The lowest BCUT2D eigenvalue weighted by Crippen LogP contribution is -2.30. The Hall–Kier alpha value is -0.673. The van der Waals surface area contributed by atoms with E-state index < -0.39 is 0 Å². The summed E-state index contributed by atoms with van der Waals surface area (Å²) in [5.41, 5.74) is 1.34. The molecule has 3 heteroatoms. The van der Waals surface area contributed by atoms with E-state index in [0.717, 1.165) is 42.6 Å². The van der Waals surface area contributed by atoms with Crippen LogP contribution in [0, 0.1) is 5.82 Å². The third-order valence-electron chi connectivity index (χ3n) is 3.98. The molecule has 0 spiro atoms. The first-order chi connectivity index (χ1) is 8.65. The number of hydrogen-bond acceptors (Lipinski definition) is 1. The molecule has 0 fully saturated rings. The first-order valence-corrected chi connectivity index (χ1v) is 7.77. The minimum atomic E-state index is -0.154. The molecule has 0 aliphatic heterocycles. The predicted molar refractivity (Wildman–Crippen MR) is 78.3 cm³/mol. The summed E-state index contributed by atoms with van der Waals surface area (Å²) in [6.07, 6.45) is 6.71. The lowest BCUT2D eigenvalue weighted by Gasteiger charge is -2.31. The van der Waals surface area contributed by atoms with Gasteiger partial charge in [0.15, 0.2) is 0 Å². The number of halogens is 1. The first-order valence-electron chi connectivity index (χ1n) is 6.95. The van der Waals surface area contributed by atoms with Gasteiger partial charge in [-0.2, -0.15) is 0 Å². The van der Waals surface area contributed by atoms with Crippen molar-refractivity contribution in [3.8, 4) is 0 Å². The standard InChI is InChI=1S/C15H25FOSi/c1-3-15(4-2,17-18)12-6-5-7-13-8-10-14(16)11-9-13/h8-11H,3-7,12H2,1-2,18H3. The highest BCUT2D eigenvalue weighted by Crippen LogP contribution is 2.26. The summed E-state index contributed by atoms with van der Waals surface area (Å²) in [4.78, 5) is 0. The quantitative estimate of drug-likeness (QED) is 0.519. The summed E-state index contributed by atoms with van der Waals surface area (Å²) < 4.78 is 18.5. The molecule has 1 rings (SSSR count). The Bertz CT molecular complexity index is 325. The largest absolute Gasteiger partial charge is 0.422 e. The van der Waals surface area contributed by atoms with Crippen LogP contribution in [0.5, 0.6) is 0 Å². The third kappa shape index (κ3) is 4.54. The highest BCUT2D eigenvalue weighted by Gasteiger charge is 2.23. The van der Waals surface area contributed by atoms with E-state index >= 15 is 0 Å². The summed E-state index contributed by atoms with van der Waals surface area (Å²) in [7, 11) is 0.817. The molecule has 1 nitrogen and oxygen atoms in total. The van der Waals surface area contributed by atoms with E-state index in [1.807, 2.05) is 12.1 Å². The zero-order valence-corrected chi connectivity index (χ0v) is 13.8. The fourth-order valence-electron chi connectivity index (χ4n) is 2.42. The van der Waals surface area contributed by atoms with Gasteiger partial charge in [-0.25, -0.2) is 4.39 Å². The molecule has 0 aromatic heterocycles. The van der Waals surface area contributed by atoms with Crippen LogP contribution in [0.3, 0.4) is 0 Å². The maximum absolute atomic E-state index is 12.8. The number of aryl methyl sites for hydroxylation is 1. The predicted octanol–water partition coefficient (Wildman–Crippen LogP) is 3.39. The van der Waals surface area contributed by atoms with E-state index in [0.29, 0.717) is 0 Å². The second kappa shape index (κ2) is 7.69. The van der Waals surface area contributed by atoms with Crippen LogP contribution in [0.15, 0.2) is 24.3 Å². The van der Waals surface area contributed by atoms with E-state index in [9.17, 15) is 4.39 Å². The van der Waals surface area contributed by atoms with Gasteiger partial charge < -0.3 is 4.43 Å². The number of hydrogen-bond donors (Lipinski definition) is 0. The summed E-state index contributed by atoms with van der Waals surface area (Å²) in [5, 5.41) is 0. The Labute approximate surface area is 113 Å². The topological polar surface area (TPSA) is 9.23 Å². The van der Waals surface area contributed by atoms with Crippen molar-refractivity contribution >= 4 is 10.5 Å². The van der Waals surface area contributed by atoms with Gasteiger partial charge in [-0.1, -0.05) is 32.4 Å². The Morgan fingerprint density at radius 1 is 1.11 bits per heavy atom. The molecule has 0 heterocycles. The molecule has 0 saturated carbocycles. The average molecular weight is 268 g/mol. The molecule has 0 bridgehead atoms. The van der Waals surface area contributed by atoms with Crippen molar-refractivity contribution in [3.05, 3.63) is 35.6 Å². The Morgan fingerprint density at radius 3 is 2.22 bits per heavy atom. The highest BCUT2D eigenvalue weighted by atomic mass is 28.2. The van der Waals surface area contributed by atoms with Gasteiger partial charge in [0.1, 0.15) is 16.3 Å². The van der Waals surface area contributed by atoms with Gasteiger partial charge in [-0.15, -0.1) is 0 Å². The van der Waals surface area contributed by atoms with Gasteiger partial charge in [0.05, 0.1) is 5.60 Å². The summed E-state index contributed by atoms with van der Waals surface area (Å²) in [6, 6.07) is 6.84. The molecular formula is C15H25FOSi. The fourth-order valence-corrected chi connectivity index (χ4v) is 3.20. The van der Waals surface area contributed by atoms with Crippen molar-refractivity contribution < 1.29 is 8.82 Å². The van der Waals surface area contributed by atoms with Crippen molar-refractivity contribution in [2.45, 2.75) is 58.0 Å². The molecule has 1 aromatic carbocycles. The van der Waals surface area contributed by atoms with E-state index in [-0.39, 0.29) is 11.4 Å². The van der Waals surface area contributed by atoms with Gasteiger partial charge >= 0.3 is 0 Å². The SMILES string of the molecule is CCC(CC)(CCCCc1ccc(F)cc1)O[SiH3]. The minimum absolute atomic E-state index is 0.120. The molecule has 0 aliphatic rings. The van der Waals surface area contributed by atoms with Gasteiger partial charge in [0.2, 0.25) is 0 Å². The summed E-state index contributed by atoms with van der Waals surface area (Å²) in [5.74, 6) is -0.154. The zero-order valence-electron chi connectivity index (χ0n) is 11.8. The van der Waals surface area contributed by atoms with E-state index in [1.54, 1.807) is 12.1 Å². The van der Waals surface area contributed by atoms with E-state index in [2.05, 4.69) is 13.8 Å². The molecule has 0 saturated heterocycles. The zero-order chi connectivity index (χ0) is 13.4. The molecule has 0 unspecified atom stereocenters. The first kappa shape index (κ1) is 15.4. The van der Waals surface area contributed by atoms with Crippen molar-refractivity contribution in [1.29, 1.82) is 0 Å². The van der Waals surface area contributed by atoms with Crippen molar-refractivity contribution in [3.63, 3.8) is 0 Å². The molecule has 102 valence electrons. The molecule has 0 atom stereocenters. The van der Waals surface area contributed by atoms with Gasteiger partial charge in [0, 0.05) is 0 Å². The van der Waals surface area contributed by atoms with Gasteiger partial charge in [-0.05, 0) is 49.8 Å². The number of benzene rings is 1. The lowest BCUT2D eigenvalue weighted by molar-refractivity contribution is 0.0585. The van der Waals surface area contributed by atoms with Crippen LogP contribution in [0.4, 0.5) is 4.39 Å². The maximum atomic E-state index is 12.8. The molecule has 0 aliphatic carbocycles. The molecule has 0 N–H and O–H groups in total. The van der Waals surface area contributed by atoms with Crippen molar-refractivity contribution in [1.82, 2.24) is 0 Å². The number of unbranched alkanes of at least 4 members (excludes halogenated alkanes) is 1. The Balaban J connectivity index is 2.31. The van der Waals surface area contributed by atoms with Crippen LogP contribution in [0.2, 0.25) is 0 Å². The van der Waals surface area contributed by atoms with Gasteiger partial charge in [-0.3, -0.25) is 0 Å². The Morgan fingerprint density at radius 2 is 1.72 bits per heavy atom. The summed E-state index contributed by atoms with van der Waals surface area (Å²) >= 11 is 0. The van der Waals surface area contributed by atoms with Crippen LogP contribution in [0.25, 0.3) is 0 Å². The second-order valence-electron chi connectivity index (χ2n) is 4.93. The smallest absolute Gasteiger partial charge is 0.146 e. The number of rotatable bonds is 8. The second-order valence-corrected chi connectivity index (χ2v) is 5.34. The van der Waals surface area contributed by atoms with Crippen LogP contribution in [-0.4, -0.2) is 16.1 Å². The third-order valence-corrected chi connectivity index (χ3v) is 4.85. The molecule has 18 heavy (non-hydrogen) atoms. The van der Waals surface area contributed by atoms with E-state index in [4.69, 9.17) is 4.43 Å². The van der Waals surface area contributed by atoms with E-state index in [1.165, 1.54) is 12.0 Å². The summed E-state index contributed by atoms with van der Waals surface area (Å²) in [6.45, 7) is 4.42. The normalized spacial score (nSPS) is 11.9. The molecular weight excluding hydrogens is 243 g/mol. The minimum Gasteiger partial charge on any atom is -0.422 e. The van der Waals surface area contributed by atoms with Crippen LogP contribution in [-0.2, 0) is 10.8 Å². The van der Waals surface area contributed by atoms with Crippen molar-refractivity contribution in [2.75, 3.05) is 0 Å². The monoisotopic (exact) mass is 268 g/mol. The lowest BCUT2D eigenvalue weighted by atomic mass is 9.90. The van der Waals surface area contributed by atoms with Crippen LogP contribution in [0.1, 0.15) is 51.5 Å². The molecule has 0 amide bonds. The Kier molecular flexibility index (Phi) is 6.58. The van der Waals surface area contributed by atoms with Crippen molar-refractivity contribution in [2.24, 2.45) is 0 Å². The average Bonchev–Trinajstić information content (AvgIpc) is 2.42.